The highest BCUT2D eigenvalue weighted by atomic mass is 35.5. The maximum atomic E-state index is 11.8. The Balaban J connectivity index is 1.66. The first-order valence-electron chi connectivity index (χ1n) is 8.50. The van der Waals surface area contributed by atoms with Crippen LogP contribution >= 0.6 is 11.6 Å². The van der Waals surface area contributed by atoms with E-state index >= 15 is 0 Å². The zero-order valence-corrected chi connectivity index (χ0v) is 16.4. The molecule has 2 aromatic rings. The molecule has 1 fully saturated rings. The van der Waals surface area contributed by atoms with Crippen molar-refractivity contribution in [2.75, 3.05) is 36.6 Å². The van der Waals surface area contributed by atoms with Crippen LogP contribution in [0, 0.1) is 0 Å². The molecule has 0 unspecified atom stereocenters. The molecule has 0 spiro atoms. The van der Waals surface area contributed by atoms with Crippen molar-refractivity contribution in [2.24, 2.45) is 0 Å². The molecule has 1 saturated heterocycles. The van der Waals surface area contributed by atoms with E-state index in [4.69, 9.17) is 16.7 Å². The van der Waals surface area contributed by atoms with Crippen LogP contribution in [0.1, 0.15) is 12.8 Å². The molecule has 0 saturated carbocycles. The fourth-order valence-corrected chi connectivity index (χ4v) is 4.34. The summed E-state index contributed by atoms with van der Waals surface area (Å²) in [6.45, 7) is 1.34. The first kappa shape index (κ1) is 19.8. The average Bonchev–Trinajstić information content (AvgIpc) is 3.25. The molecule has 0 amide bonds. The third kappa shape index (κ3) is 5.06. The third-order valence-corrected chi connectivity index (χ3v) is 5.83. The van der Waals surface area contributed by atoms with E-state index in [1.807, 2.05) is 0 Å². The minimum absolute atomic E-state index is 0.00169. The Morgan fingerprint density at radius 2 is 2.22 bits per heavy atom. The molecule has 0 aromatic carbocycles. The lowest BCUT2D eigenvalue weighted by Crippen LogP contribution is -2.38. The molecular weight excluding hydrogens is 394 g/mol. The van der Waals surface area contributed by atoms with Crippen LogP contribution in [0.4, 0.5) is 17.5 Å². The lowest BCUT2D eigenvalue weighted by Gasteiger charge is -2.22. The van der Waals surface area contributed by atoms with E-state index < -0.39 is 10.0 Å². The highest BCUT2D eigenvalue weighted by Gasteiger charge is 2.31. The van der Waals surface area contributed by atoms with Crippen molar-refractivity contribution in [3.8, 4) is 0 Å². The summed E-state index contributed by atoms with van der Waals surface area (Å²) < 4.78 is 26.8. The van der Waals surface area contributed by atoms with E-state index in [1.54, 1.807) is 17.1 Å². The number of aliphatic hydroxyl groups is 1. The molecule has 0 bridgehead atoms. The largest absolute Gasteiger partial charge is 0.394 e. The van der Waals surface area contributed by atoms with Gasteiger partial charge < -0.3 is 15.7 Å². The summed E-state index contributed by atoms with van der Waals surface area (Å²) in [5.74, 6) is 0.758. The number of sulfonamides is 1. The molecule has 0 aliphatic carbocycles. The summed E-state index contributed by atoms with van der Waals surface area (Å²) in [7, 11) is -3.23. The minimum Gasteiger partial charge on any atom is -0.394 e. The van der Waals surface area contributed by atoms with Crippen LogP contribution in [0.2, 0.25) is 5.02 Å². The number of anilines is 3. The van der Waals surface area contributed by atoms with Gasteiger partial charge in [-0.05, 0) is 12.8 Å². The Morgan fingerprint density at radius 3 is 2.96 bits per heavy atom. The van der Waals surface area contributed by atoms with Gasteiger partial charge in [0.25, 0.3) is 0 Å². The number of aliphatic hydroxyl groups excluding tert-OH is 1. The third-order valence-electron chi connectivity index (χ3n) is 4.22. The molecule has 2 aromatic heterocycles. The molecule has 27 heavy (non-hydrogen) atoms. The molecule has 3 rings (SSSR count). The van der Waals surface area contributed by atoms with E-state index in [-0.39, 0.29) is 12.6 Å². The minimum atomic E-state index is -3.23. The number of rotatable bonds is 8. The topological polar surface area (TPSA) is 125 Å². The zero-order valence-electron chi connectivity index (χ0n) is 14.8. The fourth-order valence-electron chi connectivity index (χ4n) is 3.00. The van der Waals surface area contributed by atoms with Crippen molar-refractivity contribution in [1.29, 1.82) is 0 Å². The molecule has 12 heteroatoms. The lowest BCUT2D eigenvalue weighted by atomic mass is 10.2. The van der Waals surface area contributed by atoms with Crippen LogP contribution < -0.4 is 10.6 Å². The number of hydrogen-bond donors (Lipinski definition) is 3. The highest BCUT2D eigenvalue weighted by molar-refractivity contribution is 7.88. The number of halogens is 1. The van der Waals surface area contributed by atoms with Gasteiger partial charge in [-0.2, -0.15) is 14.4 Å². The predicted molar refractivity (Wildman–Crippen MR) is 103 cm³/mol. The van der Waals surface area contributed by atoms with Crippen LogP contribution in [-0.2, 0) is 16.6 Å². The van der Waals surface area contributed by atoms with Crippen molar-refractivity contribution < 1.29 is 13.5 Å². The molecule has 148 valence electrons. The monoisotopic (exact) mass is 415 g/mol. The summed E-state index contributed by atoms with van der Waals surface area (Å²) in [4.78, 5) is 8.49. The van der Waals surface area contributed by atoms with Gasteiger partial charge in [0, 0.05) is 25.3 Å². The van der Waals surface area contributed by atoms with Gasteiger partial charge in [-0.25, -0.2) is 13.4 Å². The van der Waals surface area contributed by atoms with Gasteiger partial charge in [0.2, 0.25) is 16.0 Å². The van der Waals surface area contributed by atoms with Gasteiger partial charge in [-0.1, -0.05) is 11.6 Å². The standard InChI is InChI=1S/C15H22ClN7O3S/c1-27(25,26)23-4-2-3-12(23)8-17-14-13(16)9-18-15(21-14)20-11-7-19-22(10-11)5-6-24/h7,9-10,12,24H,2-6,8H2,1H3,(H2,17,18,20,21)/t12-/m1/s1. The molecular formula is C15H22ClN7O3S. The van der Waals surface area contributed by atoms with E-state index in [0.717, 1.165) is 12.8 Å². The van der Waals surface area contributed by atoms with Gasteiger partial charge in [0.15, 0.2) is 5.82 Å². The normalized spacial score (nSPS) is 18.0. The second-order valence-corrected chi connectivity index (χ2v) is 8.62. The first-order valence-corrected chi connectivity index (χ1v) is 10.7. The van der Waals surface area contributed by atoms with Crippen LogP contribution in [-0.4, -0.2) is 69.6 Å². The number of hydrogen-bond acceptors (Lipinski definition) is 8. The van der Waals surface area contributed by atoms with Crippen LogP contribution in [0.5, 0.6) is 0 Å². The Morgan fingerprint density at radius 1 is 1.41 bits per heavy atom. The molecule has 3 heterocycles. The van der Waals surface area contributed by atoms with Gasteiger partial charge in [-0.15, -0.1) is 0 Å². The lowest BCUT2D eigenvalue weighted by molar-refractivity contribution is 0.269. The van der Waals surface area contributed by atoms with Crippen LogP contribution in [0.3, 0.4) is 0 Å². The maximum Gasteiger partial charge on any atom is 0.229 e. The second-order valence-electron chi connectivity index (χ2n) is 6.28. The summed E-state index contributed by atoms with van der Waals surface area (Å²) in [6, 6.07) is -0.126. The van der Waals surface area contributed by atoms with Gasteiger partial charge in [-0.3, -0.25) is 4.68 Å². The highest BCUT2D eigenvalue weighted by Crippen LogP contribution is 2.24. The van der Waals surface area contributed by atoms with Crippen LogP contribution in [0.25, 0.3) is 0 Å². The van der Waals surface area contributed by atoms with Gasteiger partial charge >= 0.3 is 0 Å². The van der Waals surface area contributed by atoms with Crippen molar-refractivity contribution in [3.63, 3.8) is 0 Å². The van der Waals surface area contributed by atoms with E-state index in [2.05, 4.69) is 25.7 Å². The summed E-state index contributed by atoms with van der Waals surface area (Å²) in [6.07, 6.45) is 7.65. The van der Waals surface area contributed by atoms with Gasteiger partial charge in [0.1, 0.15) is 5.02 Å². The predicted octanol–water partition coefficient (Wildman–Crippen LogP) is 0.898. The van der Waals surface area contributed by atoms with E-state index in [1.165, 1.54) is 16.8 Å². The maximum absolute atomic E-state index is 11.8. The van der Waals surface area contributed by atoms with Crippen LogP contribution in [0.15, 0.2) is 18.6 Å². The molecule has 1 aliphatic rings. The number of nitrogens with zero attached hydrogens (tertiary/aromatic N) is 5. The number of aromatic nitrogens is 4. The van der Waals surface area contributed by atoms with E-state index in [9.17, 15) is 8.42 Å². The number of nitrogens with one attached hydrogen (secondary N) is 2. The molecule has 0 radical (unpaired) electrons. The SMILES string of the molecule is CS(=O)(=O)N1CCC[C@@H]1CNc1nc(Nc2cnn(CCO)c2)ncc1Cl. The van der Waals surface area contributed by atoms with Crippen molar-refractivity contribution in [3.05, 3.63) is 23.6 Å². The Hall–Kier alpha value is -1.95. The van der Waals surface area contributed by atoms with Gasteiger partial charge in [0.05, 0.1) is 37.5 Å². The van der Waals surface area contributed by atoms with E-state index in [0.29, 0.717) is 42.1 Å². The molecule has 10 nitrogen and oxygen atoms in total. The zero-order chi connectivity index (χ0) is 19.4. The molecule has 3 N–H and O–H groups in total. The summed E-state index contributed by atoms with van der Waals surface area (Å²) in [5.41, 5.74) is 0.677. The quantitative estimate of drug-likeness (QED) is 0.580. The van der Waals surface area contributed by atoms with Crippen molar-refractivity contribution in [2.45, 2.75) is 25.4 Å². The fraction of sp³-hybridized carbons (Fsp3) is 0.533. The second kappa shape index (κ2) is 8.38. The summed E-state index contributed by atoms with van der Waals surface area (Å²) in [5, 5.41) is 19.5. The van der Waals surface area contributed by atoms with Crippen molar-refractivity contribution >= 4 is 39.1 Å². The smallest absolute Gasteiger partial charge is 0.229 e. The molecule has 1 atom stereocenters. The average molecular weight is 416 g/mol. The Bertz CT molecular complexity index is 889. The Labute approximate surface area is 162 Å². The molecule has 1 aliphatic heterocycles. The Kier molecular flexibility index (Phi) is 6.15. The van der Waals surface area contributed by atoms with Crippen molar-refractivity contribution in [1.82, 2.24) is 24.1 Å². The summed E-state index contributed by atoms with van der Waals surface area (Å²) >= 11 is 6.16. The first-order chi connectivity index (χ1) is 12.9.